The van der Waals surface area contributed by atoms with Gasteiger partial charge in [0.2, 0.25) is 0 Å². The Balaban J connectivity index is 0. The van der Waals surface area contributed by atoms with E-state index in [1.54, 1.807) is 6.92 Å². The molecule has 0 aliphatic rings. The zero-order valence-corrected chi connectivity index (χ0v) is 9.90. The van der Waals surface area contributed by atoms with Gasteiger partial charge in [0.05, 0.1) is 0 Å². The molecule has 7 heavy (non-hydrogen) atoms. The first kappa shape index (κ1) is 11.1. The molecule has 1 nitrogen and oxygen atoms in total. The second-order valence-electron chi connectivity index (χ2n) is 1.04. The van der Waals surface area contributed by atoms with Crippen molar-refractivity contribution in [2.45, 2.75) is 13.8 Å². The summed E-state index contributed by atoms with van der Waals surface area (Å²) >= 11 is 0. The van der Waals surface area contributed by atoms with Crippen LogP contribution in [0.3, 0.4) is 0 Å². The summed E-state index contributed by atoms with van der Waals surface area (Å²) in [6, 6.07) is 0. The molecular weight excluding hydrogens is 162 g/mol. The molecule has 0 atom stereocenters. The van der Waals surface area contributed by atoms with Gasteiger partial charge in [0.1, 0.15) is 0 Å². The van der Waals surface area contributed by atoms with E-state index in [4.69, 9.17) is 0 Å². The van der Waals surface area contributed by atoms with Gasteiger partial charge in [0.15, 0.2) is 0 Å². The Hall–Kier alpha value is 1.22. The van der Waals surface area contributed by atoms with Crippen LogP contribution in [-0.4, -0.2) is 5.78 Å². The van der Waals surface area contributed by atoms with Gasteiger partial charge in [0.25, 0.3) is 0 Å². The quantitative estimate of drug-likeness (QED) is 0.326. The van der Waals surface area contributed by atoms with Crippen LogP contribution in [0.1, 0.15) is 13.8 Å². The topological polar surface area (TPSA) is 17.1 Å². The molecule has 0 saturated heterocycles. The standard InChI is InChI=1S/C5H7O.Rb/c1-3-4-5(2)6;/h4H,1-2H3;/q-1;+1. The molecule has 0 saturated carbocycles. The third-order valence-corrected chi connectivity index (χ3v) is 0.348. The van der Waals surface area contributed by atoms with Crippen molar-refractivity contribution < 1.29 is 63.0 Å². The zero-order chi connectivity index (χ0) is 4.99. The maximum absolute atomic E-state index is 9.93. The Bertz CT molecular complexity index is 76.1. The van der Waals surface area contributed by atoms with E-state index in [0.717, 1.165) is 0 Å². The summed E-state index contributed by atoms with van der Waals surface area (Å²) in [5.41, 5.74) is 0. The van der Waals surface area contributed by atoms with Crippen molar-refractivity contribution in [1.82, 2.24) is 0 Å². The molecule has 0 fully saturated rings. The first-order valence-electron chi connectivity index (χ1n) is 1.78. The van der Waals surface area contributed by atoms with Crippen LogP contribution in [0.2, 0.25) is 0 Å². The van der Waals surface area contributed by atoms with E-state index in [0.29, 0.717) is 0 Å². The van der Waals surface area contributed by atoms with E-state index in [2.05, 4.69) is 6.08 Å². The van der Waals surface area contributed by atoms with Crippen LogP contribution < -0.4 is 58.2 Å². The summed E-state index contributed by atoms with van der Waals surface area (Å²) in [6.07, 6.45) is 4.00. The SMILES string of the molecule is C[C-]=CC(C)=O.[Rb+]. The predicted molar refractivity (Wildman–Crippen MR) is 24.2 cm³/mol. The minimum atomic E-state index is 0. The fraction of sp³-hybridized carbons (Fsp3) is 0.400. The number of rotatable bonds is 1. The van der Waals surface area contributed by atoms with Crippen molar-refractivity contribution in [3.05, 3.63) is 12.2 Å². The number of hydrogen-bond acceptors (Lipinski definition) is 1. The van der Waals surface area contributed by atoms with Crippen molar-refractivity contribution in [3.63, 3.8) is 0 Å². The molecule has 0 spiro atoms. The van der Waals surface area contributed by atoms with Crippen LogP contribution >= 0.6 is 0 Å². The number of carbonyl (C=O) groups excluding carboxylic acids is 1. The maximum Gasteiger partial charge on any atom is 1.00 e. The number of ketones is 1. The first-order chi connectivity index (χ1) is 2.77. The molecule has 0 amide bonds. The van der Waals surface area contributed by atoms with E-state index < -0.39 is 0 Å². The minimum absolute atomic E-state index is 0. The van der Waals surface area contributed by atoms with Gasteiger partial charge in [-0.3, -0.25) is 6.08 Å². The Morgan fingerprint density at radius 2 is 2.14 bits per heavy atom. The summed E-state index contributed by atoms with van der Waals surface area (Å²) in [4.78, 5) is 9.93. The van der Waals surface area contributed by atoms with Crippen molar-refractivity contribution in [2.24, 2.45) is 0 Å². The Morgan fingerprint density at radius 3 is 2.14 bits per heavy atom. The van der Waals surface area contributed by atoms with Crippen molar-refractivity contribution in [3.8, 4) is 0 Å². The van der Waals surface area contributed by atoms with Gasteiger partial charge in [-0.15, -0.1) is 6.92 Å². The van der Waals surface area contributed by atoms with Crippen molar-refractivity contribution in [1.29, 1.82) is 0 Å². The maximum atomic E-state index is 9.93. The number of hydrogen-bond donors (Lipinski definition) is 0. The summed E-state index contributed by atoms with van der Waals surface area (Å²) in [6.45, 7) is 3.19. The Labute approximate surface area is 93.0 Å². The van der Waals surface area contributed by atoms with Gasteiger partial charge in [-0.1, -0.05) is 6.92 Å². The molecular formula is C5H7ORb. The molecule has 0 rings (SSSR count). The molecule has 34 valence electrons. The fourth-order valence-corrected chi connectivity index (χ4v) is 0.203. The summed E-state index contributed by atoms with van der Waals surface area (Å²) in [5, 5.41) is 0. The molecule has 0 N–H and O–H groups in total. The summed E-state index contributed by atoms with van der Waals surface area (Å²) in [5.74, 6) is 0.0532. The summed E-state index contributed by atoms with van der Waals surface area (Å²) in [7, 11) is 0. The normalized spacial score (nSPS) is 8.29. The Kier molecular flexibility index (Phi) is 11.4. The third kappa shape index (κ3) is 11.0. The number of carbonyl (C=O) groups is 1. The van der Waals surface area contributed by atoms with Crippen LogP contribution in [0.15, 0.2) is 6.08 Å². The second-order valence-corrected chi connectivity index (χ2v) is 1.04. The van der Waals surface area contributed by atoms with Crippen LogP contribution in [0.25, 0.3) is 0 Å². The molecule has 0 aromatic heterocycles. The molecule has 2 heteroatoms. The van der Waals surface area contributed by atoms with Gasteiger partial charge >= 0.3 is 58.2 Å². The monoisotopic (exact) mass is 168 g/mol. The molecule has 0 unspecified atom stereocenters. The van der Waals surface area contributed by atoms with Crippen LogP contribution in [-0.2, 0) is 4.79 Å². The molecule has 0 heterocycles. The molecule has 0 aliphatic carbocycles. The van der Waals surface area contributed by atoms with Crippen molar-refractivity contribution >= 4 is 5.78 Å². The van der Waals surface area contributed by atoms with Gasteiger partial charge in [0, 0.05) is 0 Å². The van der Waals surface area contributed by atoms with E-state index in [1.165, 1.54) is 13.0 Å². The molecule has 0 aliphatic heterocycles. The van der Waals surface area contributed by atoms with E-state index in [1.807, 2.05) is 0 Å². The van der Waals surface area contributed by atoms with E-state index >= 15 is 0 Å². The molecule has 0 aromatic carbocycles. The summed E-state index contributed by atoms with van der Waals surface area (Å²) < 4.78 is 0. The Morgan fingerprint density at radius 1 is 1.71 bits per heavy atom. The third-order valence-electron chi connectivity index (χ3n) is 0.348. The second kappa shape index (κ2) is 7.22. The fourth-order valence-electron chi connectivity index (χ4n) is 0.203. The molecule has 0 bridgehead atoms. The average molecular weight is 169 g/mol. The minimum Gasteiger partial charge on any atom is -0.407 e. The number of allylic oxidation sites excluding steroid dienone is 2. The van der Waals surface area contributed by atoms with Crippen LogP contribution in [0.5, 0.6) is 0 Å². The van der Waals surface area contributed by atoms with Gasteiger partial charge in [-0.2, -0.15) is 6.08 Å². The van der Waals surface area contributed by atoms with Crippen LogP contribution in [0, 0.1) is 6.08 Å². The van der Waals surface area contributed by atoms with Gasteiger partial charge < -0.3 is 4.79 Å². The average Bonchev–Trinajstić information content (AvgIpc) is 1.35. The molecule has 0 radical (unpaired) electrons. The van der Waals surface area contributed by atoms with Gasteiger partial charge in [-0.25, -0.2) is 0 Å². The van der Waals surface area contributed by atoms with Crippen LogP contribution in [0.4, 0.5) is 0 Å². The largest absolute Gasteiger partial charge is 1.00 e. The van der Waals surface area contributed by atoms with E-state index in [9.17, 15) is 4.79 Å². The van der Waals surface area contributed by atoms with Crippen molar-refractivity contribution in [2.75, 3.05) is 0 Å². The zero-order valence-electron chi connectivity index (χ0n) is 4.99. The first-order valence-corrected chi connectivity index (χ1v) is 1.78. The van der Waals surface area contributed by atoms with Gasteiger partial charge in [-0.05, 0) is 5.78 Å². The molecule has 0 aromatic rings. The smallest absolute Gasteiger partial charge is 0.407 e. The predicted octanol–water partition coefficient (Wildman–Crippen LogP) is -2.04. The van der Waals surface area contributed by atoms with E-state index in [-0.39, 0.29) is 64.0 Å².